The Morgan fingerprint density at radius 2 is 2.00 bits per heavy atom. The maximum Gasteiger partial charge on any atom is 0.0945 e. The van der Waals surface area contributed by atoms with Crippen LogP contribution in [0.25, 0.3) is 0 Å². The van der Waals surface area contributed by atoms with Gasteiger partial charge in [0.25, 0.3) is 0 Å². The van der Waals surface area contributed by atoms with Crippen LogP contribution in [0.15, 0.2) is 30.3 Å². The molecule has 3 N–H and O–H groups in total. The van der Waals surface area contributed by atoms with Gasteiger partial charge < -0.3 is 15.8 Å². The van der Waals surface area contributed by atoms with Crippen molar-refractivity contribution >= 4 is 0 Å². The zero-order valence-electron chi connectivity index (χ0n) is 9.44. The molecular weight excluding hydrogens is 188 g/mol. The number of methoxy groups -OCH3 is 1. The summed E-state index contributed by atoms with van der Waals surface area (Å²) in [6.45, 7) is 3.50. The summed E-state index contributed by atoms with van der Waals surface area (Å²) < 4.78 is 5.43. The average Bonchev–Trinajstić information content (AvgIpc) is 2.31. The normalized spacial score (nSPS) is 14.9. The molecule has 1 aromatic rings. The van der Waals surface area contributed by atoms with Gasteiger partial charge in [-0.05, 0) is 12.5 Å². The van der Waals surface area contributed by atoms with Crippen LogP contribution in [0.4, 0.5) is 0 Å². The van der Waals surface area contributed by atoms with Crippen LogP contribution in [0.2, 0.25) is 0 Å². The van der Waals surface area contributed by atoms with Crippen LogP contribution in [0.5, 0.6) is 0 Å². The lowest BCUT2D eigenvalue weighted by Gasteiger charge is -2.19. The van der Waals surface area contributed by atoms with E-state index in [1.165, 1.54) is 5.56 Å². The monoisotopic (exact) mass is 208 g/mol. The lowest BCUT2D eigenvalue weighted by Crippen LogP contribution is -2.36. The molecule has 2 atom stereocenters. The Balaban J connectivity index is 2.50. The minimum atomic E-state index is 0.0974. The SMILES string of the molecule is COC(CNC(C)CN)c1ccccc1. The molecule has 0 aliphatic heterocycles. The zero-order valence-corrected chi connectivity index (χ0v) is 9.44. The molecule has 1 rings (SSSR count). The van der Waals surface area contributed by atoms with Crippen molar-refractivity contribution in [2.45, 2.75) is 19.1 Å². The van der Waals surface area contributed by atoms with Crippen LogP contribution in [-0.4, -0.2) is 26.2 Å². The molecule has 0 heterocycles. The molecule has 3 nitrogen and oxygen atoms in total. The van der Waals surface area contributed by atoms with Gasteiger partial charge in [0, 0.05) is 26.2 Å². The lowest BCUT2D eigenvalue weighted by molar-refractivity contribution is 0.100. The van der Waals surface area contributed by atoms with Gasteiger partial charge in [-0.1, -0.05) is 30.3 Å². The molecule has 0 fully saturated rings. The van der Waals surface area contributed by atoms with Gasteiger partial charge >= 0.3 is 0 Å². The maximum atomic E-state index is 5.54. The summed E-state index contributed by atoms with van der Waals surface area (Å²) >= 11 is 0. The summed E-state index contributed by atoms with van der Waals surface area (Å²) in [5, 5.41) is 3.33. The van der Waals surface area contributed by atoms with Crippen LogP contribution in [0, 0.1) is 0 Å². The van der Waals surface area contributed by atoms with Crippen LogP contribution < -0.4 is 11.1 Å². The van der Waals surface area contributed by atoms with E-state index in [4.69, 9.17) is 10.5 Å². The summed E-state index contributed by atoms with van der Waals surface area (Å²) in [4.78, 5) is 0. The van der Waals surface area contributed by atoms with E-state index in [2.05, 4.69) is 24.4 Å². The maximum absolute atomic E-state index is 5.54. The van der Waals surface area contributed by atoms with E-state index in [0.717, 1.165) is 6.54 Å². The first-order chi connectivity index (χ1) is 7.27. The smallest absolute Gasteiger partial charge is 0.0945 e. The highest BCUT2D eigenvalue weighted by Gasteiger charge is 2.10. The number of nitrogens with two attached hydrogens (primary N) is 1. The molecule has 0 aliphatic rings. The fourth-order valence-corrected chi connectivity index (χ4v) is 1.40. The van der Waals surface area contributed by atoms with E-state index in [1.807, 2.05) is 18.2 Å². The number of ether oxygens (including phenoxy) is 1. The van der Waals surface area contributed by atoms with E-state index in [0.29, 0.717) is 12.6 Å². The molecule has 3 heteroatoms. The molecule has 84 valence electrons. The van der Waals surface area contributed by atoms with Gasteiger partial charge in [-0.15, -0.1) is 0 Å². The van der Waals surface area contributed by atoms with Crippen molar-refractivity contribution in [2.24, 2.45) is 5.73 Å². The average molecular weight is 208 g/mol. The Bertz CT molecular complexity index is 264. The highest BCUT2D eigenvalue weighted by molar-refractivity contribution is 5.17. The first-order valence-corrected chi connectivity index (χ1v) is 5.29. The van der Waals surface area contributed by atoms with Crippen molar-refractivity contribution in [3.63, 3.8) is 0 Å². The molecule has 0 aliphatic carbocycles. The van der Waals surface area contributed by atoms with Crippen molar-refractivity contribution < 1.29 is 4.74 Å². The molecule has 0 spiro atoms. The minimum absolute atomic E-state index is 0.0974. The van der Waals surface area contributed by atoms with Crippen LogP contribution >= 0.6 is 0 Å². The largest absolute Gasteiger partial charge is 0.375 e. The van der Waals surface area contributed by atoms with E-state index in [1.54, 1.807) is 7.11 Å². The van der Waals surface area contributed by atoms with Gasteiger partial charge in [-0.25, -0.2) is 0 Å². The number of rotatable bonds is 6. The summed E-state index contributed by atoms with van der Waals surface area (Å²) in [5.74, 6) is 0. The Hall–Kier alpha value is -0.900. The van der Waals surface area contributed by atoms with Gasteiger partial charge in [-0.3, -0.25) is 0 Å². The number of nitrogens with one attached hydrogen (secondary N) is 1. The summed E-state index contributed by atoms with van der Waals surface area (Å²) in [5.41, 5.74) is 6.73. The lowest BCUT2D eigenvalue weighted by atomic mass is 10.1. The van der Waals surface area contributed by atoms with E-state index < -0.39 is 0 Å². The summed E-state index contributed by atoms with van der Waals surface area (Å²) in [7, 11) is 1.73. The van der Waals surface area contributed by atoms with Crippen LogP contribution in [0.1, 0.15) is 18.6 Å². The zero-order chi connectivity index (χ0) is 11.1. The van der Waals surface area contributed by atoms with E-state index >= 15 is 0 Å². The molecule has 2 unspecified atom stereocenters. The van der Waals surface area contributed by atoms with Gasteiger partial charge in [0.1, 0.15) is 0 Å². The Morgan fingerprint density at radius 1 is 1.33 bits per heavy atom. The van der Waals surface area contributed by atoms with Crippen molar-refractivity contribution in [3.8, 4) is 0 Å². The standard InChI is InChI=1S/C12H20N2O/c1-10(8-13)14-9-12(15-2)11-6-4-3-5-7-11/h3-7,10,12,14H,8-9,13H2,1-2H3. The summed E-state index contributed by atoms with van der Waals surface area (Å²) in [6.07, 6.45) is 0.0974. The highest BCUT2D eigenvalue weighted by atomic mass is 16.5. The molecule has 0 saturated carbocycles. The second-order valence-electron chi connectivity index (χ2n) is 3.68. The molecule has 15 heavy (non-hydrogen) atoms. The number of hydrogen-bond acceptors (Lipinski definition) is 3. The Kier molecular flexibility index (Phi) is 5.32. The quantitative estimate of drug-likeness (QED) is 0.741. The van der Waals surface area contributed by atoms with E-state index in [-0.39, 0.29) is 6.10 Å². The van der Waals surface area contributed by atoms with Gasteiger partial charge in [0.05, 0.1) is 6.10 Å². The fourth-order valence-electron chi connectivity index (χ4n) is 1.40. The van der Waals surface area contributed by atoms with Gasteiger partial charge in [0.2, 0.25) is 0 Å². The fraction of sp³-hybridized carbons (Fsp3) is 0.500. The third-order valence-electron chi connectivity index (χ3n) is 2.46. The van der Waals surface area contributed by atoms with Crippen molar-refractivity contribution in [1.29, 1.82) is 0 Å². The second-order valence-corrected chi connectivity index (χ2v) is 3.68. The van der Waals surface area contributed by atoms with Crippen molar-refractivity contribution in [1.82, 2.24) is 5.32 Å². The predicted octanol–water partition coefficient (Wildman–Crippen LogP) is 1.31. The molecule has 0 saturated heterocycles. The molecule has 0 bridgehead atoms. The third-order valence-corrected chi connectivity index (χ3v) is 2.46. The highest BCUT2D eigenvalue weighted by Crippen LogP contribution is 2.14. The van der Waals surface area contributed by atoms with Gasteiger partial charge in [-0.2, -0.15) is 0 Å². The van der Waals surface area contributed by atoms with Crippen molar-refractivity contribution in [3.05, 3.63) is 35.9 Å². The van der Waals surface area contributed by atoms with E-state index in [9.17, 15) is 0 Å². The number of benzene rings is 1. The Morgan fingerprint density at radius 3 is 2.53 bits per heavy atom. The molecule has 1 aromatic carbocycles. The molecule has 0 aromatic heterocycles. The van der Waals surface area contributed by atoms with Crippen molar-refractivity contribution in [2.75, 3.05) is 20.2 Å². The predicted molar refractivity (Wildman–Crippen MR) is 62.7 cm³/mol. The molecular formula is C12H20N2O. The Labute approximate surface area is 91.6 Å². The second kappa shape index (κ2) is 6.56. The van der Waals surface area contributed by atoms with Gasteiger partial charge in [0.15, 0.2) is 0 Å². The summed E-state index contributed by atoms with van der Waals surface area (Å²) in [6, 6.07) is 10.5. The van der Waals surface area contributed by atoms with Crippen LogP contribution in [-0.2, 0) is 4.74 Å². The minimum Gasteiger partial charge on any atom is -0.375 e. The third kappa shape index (κ3) is 4.00. The first-order valence-electron chi connectivity index (χ1n) is 5.29. The number of hydrogen-bond donors (Lipinski definition) is 2. The molecule has 0 amide bonds. The first kappa shape index (κ1) is 12.2. The topological polar surface area (TPSA) is 47.3 Å². The molecule has 0 radical (unpaired) electrons. The van der Waals surface area contributed by atoms with Crippen LogP contribution in [0.3, 0.4) is 0 Å².